The van der Waals surface area contributed by atoms with Crippen molar-refractivity contribution in [3.8, 4) is 5.75 Å². The van der Waals surface area contributed by atoms with Crippen molar-refractivity contribution in [2.45, 2.75) is 38.9 Å². The van der Waals surface area contributed by atoms with Crippen LogP contribution in [0.15, 0.2) is 34.2 Å². The van der Waals surface area contributed by atoms with E-state index < -0.39 is 0 Å². The van der Waals surface area contributed by atoms with Gasteiger partial charge in [-0.3, -0.25) is 14.2 Å². The highest BCUT2D eigenvalue weighted by Crippen LogP contribution is 2.28. The molecule has 0 spiro atoms. The quantitative estimate of drug-likeness (QED) is 0.380. The Kier molecular flexibility index (Phi) is 7.55. The van der Waals surface area contributed by atoms with Gasteiger partial charge in [0.15, 0.2) is 15.9 Å². The van der Waals surface area contributed by atoms with E-state index in [1.54, 1.807) is 35.9 Å². The number of amides is 1. The van der Waals surface area contributed by atoms with Crippen LogP contribution in [-0.4, -0.2) is 46.4 Å². The van der Waals surface area contributed by atoms with E-state index in [9.17, 15) is 9.59 Å². The SMILES string of the molecule is CCN(CC)c1nc2nc(SCC(=O)Nc3ccc(OC)cc3)n(C(C)C)c(=O)c2s1. The average Bonchev–Trinajstić information content (AvgIpc) is 3.17. The van der Waals surface area contributed by atoms with Crippen LogP contribution < -0.4 is 20.5 Å². The zero-order valence-corrected chi connectivity index (χ0v) is 20.0. The minimum Gasteiger partial charge on any atom is -0.497 e. The van der Waals surface area contributed by atoms with Crippen LogP contribution in [0.1, 0.15) is 33.7 Å². The molecule has 1 N–H and O–H groups in total. The number of benzene rings is 1. The lowest BCUT2D eigenvalue weighted by atomic mass is 10.3. The van der Waals surface area contributed by atoms with E-state index in [1.807, 2.05) is 13.8 Å². The fourth-order valence-electron chi connectivity index (χ4n) is 3.05. The molecular formula is C21H27N5O3S2. The monoisotopic (exact) mass is 461 g/mol. The molecule has 166 valence electrons. The summed E-state index contributed by atoms with van der Waals surface area (Å²) in [6.45, 7) is 9.59. The van der Waals surface area contributed by atoms with E-state index >= 15 is 0 Å². The van der Waals surface area contributed by atoms with Crippen molar-refractivity contribution in [3.63, 3.8) is 0 Å². The Bertz CT molecular complexity index is 1100. The highest BCUT2D eigenvalue weighted by atomic mass is 32.2. The van der Waals surface area contributed by atoms with Gasteiger partial charge in [0.1, 0.15) is 10.4 Å². The molecule has 3 aromatic rings. The highest BCUT2D eigenvalue weighted by molar-refractivity contribution is 7.99. The van der Waals surface area contributed by atoms with E-state index in [-0.39, 0.29) is 23.3 Å². The molecule has 8 nitrogen and oxygen atoms in total. The summed E-state index contributed by atoms with van der Waals surface area (Å²) in [5.41, 5.74) is 1.00. The first-order chi connectivity index (χ1) is 14.9. The second kappa shape index (κ2) is 10.1. The Hall–Kier alpha value is -2.59. The van der Waals surface area contributed by atoms with Crippen molar-refractivity contribution in [3.05, 3.63) is 34.6 Å². The predicted molar refractivity (Wildman–Crippen MR) is 128 cm³/mol. The van der Waals surface area contributed by atoms with Crippen molar-refractivity contribution >= 4 is 50.2 Å². The molecule has 0 aliphatic carbocycles. The zero-order valence-electron chi connectivity index (χ0n) is 18.3. The van der Waals surface area contributed by atoms with Gasteiger partial charge >= 0.3 is 0 Å². The molecule has 0 radical (unpaired) electrons. The van der Waals surface area contributed by atoms with Gasteiger partial charge in [-0.05, 0) is 52.0 Å². The standard InChI is InChI=1S/C21H27N5O3S2/c1-6-25(7-2)20-23-18-17(31-20)19(28)26(13(3)4)21(24-18)30-12-16(27)22-14-8-10-15(29-5)11-9-14/h8-11,13H,6-7,12H2,1-5H3,(H,22,27). The third kappa shape index (κ3) is 5.19. The molecule has 0 fully saturated rings. The van der Waals surface area contributed by atoms with Gasteiger partial charge in [0.25, 0.3) is 5.56 Å². The summed E-state index contributed by atoms with van der Waals surface area (Å²) < 4.78 is 7.31. The fourth-order valence-corrected chi connectivity index (χ4v) is 5.03. The van der Waals surface area contributed by atoms with Crippen LogP contribution in [-0.2, 0) is 4.79 Å². The Morgan fingerprint density at radius 2 is 1.90 bits per heavy atom. The Balaban J connectivity index is 1.83. The zero-order chi connectivity index (χ0) is 22.5. The fraction of sp³-hybridized carbons (Fsp3) is 0.429. The second-order valence-corrected chi connectivity index (χ2v) is 8.97. The summed E-state index contributed by atoms with van der Waals surface area (Å²) in [6.07, 6.45) is 0. The summed E-state index contributed by atoms with van der Waals surface area (Å²) >= 11 is 2.61. The molecule has 31 heavy (non-hydrogen) atoms. The number of carbonyl (C=O) groups is 1. The van der Waals surface area contributed by atoms with Crippen LogP contribution >= 0.6 is 23.1 Å². The number of fused-ring (bicyclic) bond motifs is 1. The molecule has 0 saturated carbocycles. The number of ether oxygens (including phenoxy) is 1. The maximum Gasteiger partial charge on any atom is 0.274 e. The number of nitrogens with zero attached hydrogens (tertiary/aromatic N) is 4. The van der Waals surface area contributed by atoms with Gasteiger partial charge in [0, 0.05) is 24.8 Å². The van der Waals surface area contributed by atoms with Crippen LogP contribution in [0.5, 0.6) is 5.75 Å². The normalized spacial score (nSPS) is 11.2. The summed E-state index contributed by atoms with van der Waals surface area (Å²) in [4.78, 5) is 36.9. The lowest BCUT2D eigenvalue weighted by Gasteiger charge is -2.15. The number of carbonyl (C=O) groups excluding carboxylic acids is 1. The largest absolute Gasteiger partial charge is 0.497 e. The molecule has 0 bridgehead atoms. The van der Waals surface area contributed by atoms with Gasteiger partial charge in [-0.1, -0.05) is 23.1 Å². The minimum absolute atomic E-state index is 0.0875. The molecule has 2 aromatic heterocycles. The number of thioether (sulfide) groups is 1. The molecule has 10 heteroatoms. The number of nitrogens with one attached hydrogen (secondary N) is 1. The van der Waals surface area contributed by atoms with Gasteiger partial charge in [-0.25, -0.2) is 4.98 Å². The molecule has 0 atom stereocenters. The van der Waals surface area contributed by atoms with Crippen LogP contribution in [0.3, 0.4) is 0 Å². The molecule has 1 amide bonds. The third-order valence-electron chi connectivity index (χ3n) is 4.68. The number of hydrogen-bond donors (Lipinski definition) is 1. The topological polar surface area (TPSA) is 89.3 Å². The minimum atomic E-state index is -0.179. The van der Waals surface area contributed by atoms with Gasteiger partial charge in [-0.2, -0.15) is 4.98 Å². The second-order valence-electron chi connectivity index (χ2n) is 7.05. The lowest BCUT2D eigenvalue weighted by molar-refractivity contribution is -0.113. The molecule has 0 unspecified atom stereocenters. The van der Waals surface area contributed by atoms with Crippen molar-refractivity contribution in [2.24, 2.45) is 0 Å². The maximum atomic E-state index is 13.1. The highest BCUT2D eigenvalue weighted by Gasteiger charge is 2.20. The van der Waals surface area contributed by atoms with Gasteiger partial charge in [0.2, 0.25) is 5.91 Å². The number of hydrogen-bond acceptors (Lipinski definition) is 8. The number of rotatable bonds is 9. The van der Waals surface area contributed by atoms with Crippen molar-refractivity contribution in [1.82, 2.24) is 14.5 Å². The smallest absolute Gasteiger partial charge is 0.274 e. The molecule has 2 heterocycles. The summed E-state index contributed by atoms with van der Waals surface area (Å²) in [5.74, 6) is 0.670. The van der Waals surface area contributed by atoms with E-state index in [0.29, 0.717) is 21.2 Å². The molecular weight excluding hydrogens is 434 g/mol. The summed E-state index contributed by atoms with van der Waals surface area (Å²) in [5, 5.41) is 4.13. The number of methoxy groups -OCH3 is 1. The van der Waals surface area contributed by atoms with Crippen LogP contribution in [0.25, 0.3) is 10.3 Å². The van der Waals surface area contributed by atoms with Gasteiger partial charge < -0.3 is 15.0 Å². The van der Waals surface area contributed by atoms with Crippen molar-refractivity contribution in [1.29, 1.82) is 0 Å². The van der Waals surface area contributed by atoms with Gasteiger partial charge in [0.05, 0.1) is 12.9 Å². The molecule has 0 aliphatic rings. The van der Waals surface area contributed by atoms with Crippen LogP contribution in [0.4, 0.5) is 10.8 Å². The van der Waals surface area contributed by atoms with E-state index in [4.69, 9.17) is 4.74 Å². The molecule has 0 aliphatic heterocycles. The van der Waals surface area contributed by atoms with Crippen molar-refractivity contribution in [2.75, 3.05) is 36.2 Å². The predicted octanol–water partition coefficient (Wildman–Crippen LogP) is 4.02. The molecule has 0 saturated heterocycles. The number of anilines is 2. The molecule has 1 aromatic carbocycles. The van der Waals surface area contributed by atoms with E-state index in [0.717, 1.165) is 24.0 Å². The average molecular weight is 462 g/mol. The summed E-state index contributed by atoms with van der Waals surface area (Å²) in [7, 11) is 1.59. The lowest BCUT2D eigenvalue weighted by Crippen LogP contribution is -2.25. The Morgan fingerprint density at radius 3 is 2.48 bits per heavy atom. The third-order valence-corrected chi connectivity index (χ3v) is 6.72. The Morgan fingerprint density at radius 1 is 1.23 bits per heavy atom. The molecule has 3 rings (SSSR count). The first-order valence-electron chi connectivity index (χ1n) is 10.1. The van der Waals surface area contributed by atoms with Crippen LogP contribution in [0.2, 0.25) is 0 Å². The number of aromatic nitrogens is 3. The maximum absolute atomic E-state index is 13.1. The Labute approximate surface area is 189 Å². The van der Waals surface area contributed by atoms with Crippen LogP contribution in [0, 0.1) is 0 Å². The van der Waals surface area contributed by atoms with Crippen molar-refractivity contribution < 1.29 is 9.53 Å². The first kappa shape index (κ1) is 23.1. The first-order valence-corrected chi connectivity index (χ1v) is 11.9. The number of thiazole rings is 1. The van der Waals surface area contributed by atoms with Gasteiger partial charge in [-0.15, -0.1) is 0 Å². The van der Waals surface area contributed by atoms with E-state index in [2.05, 4.69) is 34.0 Å². The van der Waals surface area contributed by atoms with E-state index in [1.165, 1.54) is 23.1 Å². The summed E-state index contributed by atoms with van der Waals surface area (Å²) in [6, 6.07) is 7.03.